The van der Waals surface area contributed by atoms with Gasteiger partial charge in [-0.25, -0.2) is 0 Å². The molecular formula is C18H22ClNO4. The van der Waals surface area contributed by atoms with Crippen LogP contribution < -0.4 is 0 Å². The summed E-state index contributed by atoms with van der Waals surface area (Å²) in [6.07, 6.45) is 3.15. The quantitative estimate of drug-likeness (QED) is 0.905. The molecule has 1 aromatic rings. The highest BCUT2D eigenvalue weighted by atomic mass is 35.5. The highest BCUT2D eigenvalue weighted by Crippen LogP contribution is 2.43. The number of hydrogen-bond donors (Lipinski definition) is 1. The van der Waals surface area contributed by atoms with Gasteiger partial charge in [0.15, 0.2) is 0 Å². The maximum Gasteiger partial charge on any atom is 0.306 e. The van der Waals surface area contributed by atoms with Gasteiger partial charge in [0.05, 0.1) is 24.5 Å². The Morgan fingerprint density at radius 3 is 2.75 bits per heavy atom. The number of rotatable bonds is 4. The van der Waals surface area contributed by atoms with Crippen LogP contribution in [0.3, 0.4) is 0 Å². The minimum atomic E-state index is -0.903. The maximum absolute atomic E-state index is 13.3. The predicted molar refractivity (Wildman–Crippen MR) is 90.2 cm³/mol. The van der Waals surface area contributed by atoms with Gasteiger partial charge in [-0.2, -0.15) is 0 Å². The highest BCUT2D eigenvalue weighted by Gasteiger charge is 2.45. The molecule has 1 atom stereocenters. The largest absolute Gasteiger partial charge is 0.481 e. The van der Waals surface area contributed by atoms with Crippen LogP contribution in [0.2, 0.25) is 5.02 Å². The number of carbonyl (C=O) groups excluding carboxylic acids is 1. The van der Waals surface area contributed by atoms with Crippen LogP contribution >= 0.6 is 11.6 Å². The molecule has 0 radical (unpaired) electrons. The molecule has 2 fully saturated rings. The van der Waals surface area contributed by atoms with E-state index in [1.54, 1.807) is 4.90 Å². The number of morpholine rings is 1. The summed E-state index contributed by atoms with van der Waals surface area (Å²) in [5.41, 5.74) is 0.439. The predicted octanol–water partition coefficient (Wildman–Crippen LogP) is 2.85. The molecule has 1 amide bonds. The van der Waals surface area contributed by atoms with Crippen molar-refractivity contribution in [1.29, 1.82) is 0 Å². The molecule has 6 heteroatoms. The molecule has 1 aliphatic carbocycles. The van der Waals surface area contributed by atoms with E-state index in [4.69, 9.17) is 21.4 Å². The summed E-state index contributed by atoms with van der Waals surface area (Å²) in [6.45, 7) is 1.24. The molecule has 3 rings (SSSR count). The molecule has 1 aromatic carbocycles. The minimum absolute atomic E-state index is 0.0755. The van der Waals surface area contributed by atoms with Gasteiger partial charge in [0.25, 0.3) is 0 Å². The molecule has 1 saturated carbocycles. The van der Waals surface area contributed by atoms with Crippen molar-refractivity contribution in [1.82, 2.24) is 4.90 Å². The molecule has 0 spiro atoms. The number of aliphatic carboxylic acids is 1. The molecule has 0 aromatic heterocycles. The van der Waals surface area contributed by atoms with Gasteiger partial charge in [-0.3, -0.25) is 9.59 Å². The van der Waals surface area contributed by atoms with Crippen molar-refractivity contribution >= 4 is 23.5 Å². The average molecular weight is 352 g/mol. The molecule has 1 heterocycles. The van der Waals surface area contributed by atoms with Crippen molar-refractivity contribution in [3.05, 3.63) is 34.9 Å². The SMILES string of the molecule is O=C(O)CC1CN(C(=O)C2(c3cccc(Cl)c3)CCCC2)CCO1. The fourth-order valence-corrected chi connectivity index (χ4v) is 4.11. The van der Waals surface area contributed by atoms with Crippen molar-refractivity contribution in [2.75, 3.05) is 19.7 Å². The van der Waals surface area contributed by atoms with Gasteiger partial charge in [-0.05, 0) is 30.5 Å². The number of carboxylic acids is 1. The first-order valence-electron chi connectivity index (χ1n) is 8.40. The lowest BCUT2D eigenvalue weighted by Crippen LogP contribution is -2.52. The summed E-state index contributed by atoms with van der Waals surface area (Å²) < 4.78 is 5.49. The van der Waals surface area contributed by atoms with Crippen molar-refractivity contribution < 1.29 is 19.4 Å². The van der Waals surface area contributed by atoms with E-state index in [-0.39, 0.29) is 12.3 Å². The van der Waals surface area contributed by atoms with Crippen LogP contribution in [0.15, 0.2) is 24.3 Å². The van der Waals surface area contributed by atoms with E-state index >= 15 is 0 Å². The summed E-state index contributed by atoms with van der Waals surface area (Å²) in [6, 6.07) is 7.57. The summed E-state index contributed by atoms with van der Waals surface area (Å²) >= 11 is 6.15. The van der Waals surface area contributed by atoms with Crippen LogP contribution in [0.5, 0.6) is 0 Å². The van der Waals surface area contributed by atoms with Crippen LogP contribution in [0.4, 0.5) is 0 Å². The minimum Gasteiger partial charge on any atom is -0.481 e. The Labute approximate surface area is 146 Å². The fourth-order valence-electron chi connectivity index (χ4n) is 3.92. The lowest BCUT2D eigenvalue weighted by atomic mass is 9.77. The van der Waals surface area contributed by atoms with Gasteiger partial charge in [0.1, 0.15) is 0 Å². The third-order valence-corrected chi connectivity index (χ3v) is 5.31. The number of amides is 1. The van der Waals surface area contributed by atoms with Crippen molar-refractivity contribution in [2.24, 2.45) is 0 Å². The summed E-state index contributed by atoms with van der Waals surface area (Å²) in [4.78, 5) is 26.1. The van der Waals surface area contributed by atoms with Crippen LogP contribution in [0.25, 0.3) is 0 Å². The Bertz CT molecular complexity index is 627. The number of nitrogens with zero attached hydrogens (tertiary/aromatic N) is 1. The van der Waals surface area contributed by atoms with Crippen molar-refractivity contribution in [2.45, 2.75) is 43.6 Å². The molecule has 5 nitrogen and oxygen atoms in total. The first-order valence-corrected chi connectivity index (χ1v) is 8.78. The Morgan fingerprint density at radius 2 is 2.08 bits per heavy atom. The second-order valence-corrected chi connectivity index (χ2v) is 7.08. The molecule has 1 aliphatic heterocycles. The smallest absolute Gasteiger partial charge is 0.306 e. The molecule has 130 valence electrons. The summed E-state index contributed by atoms with van der Waals surface area (Å²) in [7, 11) is 0. The number of hydrogen-bond acceptors (Lipinski definition) is 3. The van der Waals surface area contributed by atoms with Crippen LogP contribution in [0, 0.1) is 0 Å². The van der Waals surface area contributed by atoms with Crippen LogP contribution in [-0.4, -0.2) is 47.7 Å². The topological polar surface area (TPSA) is 66.8 Å². The molecule has 1 saturated heterocycles. The molecule has 0 bridgehead atoms. The number of carbonyl (C=O) groups is 2. The van der Waals surface area contributed by atoms with E-state index in [0.29, 0.717) is 24.7 Å². The monoisotopic (exact) mass is 351 g/mol. The third kappa shape index (κ3) is 3.42. The van der Waals surface area contributed by atoms with E-state index in [1.165, 1.54) is 0 Å². The highest BCUT2D eigenvalue weighted by molar-refractivity contribution is 6.30. The van der Waals surface area contributed by atoms with Gasteiger partial charge >= 0.3 is 5.97 Å². The molecule has 1 unspecified atom stereocenters. The van der Waals surface area contributed by atoms with Gasteiger partial charge in [-0.15, -0.1) is 0 Å². The lowest BCUT2D eigenvalue weighted by Gasteiger charge is -2.39. The van der Waals surface area contributed by atoms with Gasteiger partial charge in [-0.1, -0.05) is 36.6 Å². The molecular weight excluding hydrogens is 330 g/mol. The summed E-state index contributed by atoms with van der Waals surface area (Å²) in [5, 5.41) is 9.60. The lowest BCUT2D eigenvalue weighted by molar-refractivity contribution is -0.150. The molecule has 24 heavy (non-hydrogen) atoms. The standard InChI is InChI=1S/C18H22ClNO4/c19-14-5-3-4-13(10-14)18(6-1-2-7-18)17(23)20-8-9-24-15(12-20)11-16(21)22/h3-5,10,15H,1-2,6-9,11-12H2,(H,21,22). The Balaban J connectivity index is 1.83. The molecule has 2 aliphatic rings. The van der Waals surface area contributed by atoms with Crippen LogP contribution in [0.1, 0.15) is 37.7 Å². The normalized spacial score (nSPS) is 23.2. The van der Waals surface area contributed by atoms with Gasteiger partial charge < -0.3 is 14.7 Å². The number of carboxylic acid groups (broad SMARTS) is 1. The Morgan fingerprint density at radius 1 is 1.33 bits per heavy atom. The molecule has 1 N–H and O–H groups in total. The maximum atomic E-state index is 13.3. The van der Waals surface area contributed by atoms with E-state index in [9.17, 15) is 9.59 Å². The number of halogens is 1. The van der Waals surface area contributed by atoms with E-state index in [1.807, 2.05) is 24.3 Å². The Kier molecular flexibility index (Phi) is 5.11. The number of ether oxygens (including phenoxy) is 1. The number of benzene rings is 1. The van der Waals surface area contributed by atoms with Gasteiger partial charge in [0.2, 0.25) is 5.91 Å². The first-order chi connectivity index (χ1) is 11.5. The van der Waals surface area contributed by atoms with E-state index in [0.717, 1.165) is 31.2 Å². The Hall–Kier alpha value is -1.59. The third-order valence-electron chi connectivity index (χ3n) is 5.07. The second kappa shape index (κ2) is 7.11. The second-order valence-electron chi connectivity index (χ2n) is 6.64. The zero-order valence-corrected chi connectivity index (χ0v) is 14.3. The average Bonchev–Trinajstić information content (AvgIpc) is 3.05. The fraction of sp³-hybridized carbons (Fsp3) is 0.556. The van der Waals surface area contributed by atoms with Crippen LogP contribution in [-0.2, 0) is 19.7 Å². The zero-order chi connectivity index (χ0) is 17.2. The first kappa shape index (κ1) is 17.2. The van der Waals surface area contributed by atoms with Crippen molar-refractivity contribution in [3.63, 3.8) is 0 Å². The van der Waals surface area contributed by atoms with Gasteiger partial charge in [0, 0.05) is 18.1 Å². The summed E-state index contributed by atoms with van der Waals surface area (Å²) in [5.74, 6) is -0.819. The van der Waals surface area contributed by atoms with Crippen molar-refractivity contribution in [3.8, 4) is 0 Å². The van der Waals surface area contributed by atoms with E-state index < -0.39 is 17.5 Å². The zero-order valence-electron chi connectivity index (χ0n) is 13.5. The van der Waals surface area contributed by atoms with E-state index in [2.05, 4.69) is 0 Å².